The zero-order valence-corrected chi connectivity index (χ0v) is 15.0. The Kier molecular flexibility index (Phi) is 7.22. The van der Waals surface area contributed by atoms with Crippen molar-refractivity contribution in [2.75, 3.05) is 0 Å². The van der Waals surface area contributed by atoms with Gasteiger partial charge in [-0.05, 0) is 53.7 Å². The Bertz CT molecular complexity index is 446. The Morgan fingerprint density at radius 2 is 1.76 bits per heavy atom. The van der Waals surface area contributed by atoms with E-state index in [0.29, 0.717) is 5.92 Å². The van der Waals surface area contributed by atoms with Crippen LogP contribution >= 0.6 is 0 Å². The molecule has 0 N–H and O–H groups in total. The summed E-state index contributed by atoms with van der Waals surface area (Å²) >= 11 is 0. The number of aryl methyl sites for hydroxylation is 1. The van der Waals surface area contributed by atoms with Gasteiger partial charge in [-0.25, -0.2) is 0 Å². The lowest BCUT2D eigenvalue weighted by Crippen LogP contribution is -2.13. The van der Waals surface area contributed by atoms with E-state index in [2.05, 4.69) is 71.9 Å². The molecule has 21 heavy (non-hydrogen) atoms. The van der Waals surface area contributed by atoms with Gasteiger partial charge in [-0.3, -0.25) is 0 Å². The van der Waals surface area contributed by atoms with Crippen LogP contribution in [0.4, 0.5) is 0 Å². The van der Waals surface area contributed by atoms with Crippen molar-refractivity contribution < 1.29 is 0 Å². The molecule has 0 nitrogen and oxygen atoms in total. The quantitative estimate of drug-likeness (QED) is 0.484. The van der Waals surface area contributed by atoms with E-state index in [4.69, 9.17) is 0 Å². The van der Waals surface area contributed by atoms with E-state index >= 15 is 0 Å². The van der Waals surface area contributed by atoms with Gasteiger partial charge in [-0.2, -0.15) is 0 Å². The molecule has 1 unspecified atom stereocenters. The van der Waals surface area contributed by atoms with Crippen LogP contribution in [0.15, 0.2) is 30.4 Å². The zero-order valence-electron chi connectivity index (χ0n) is 15.0. The molecular formula is C21H34. The van der Waals surface area contributed by atoms with Gasteiger partial charge in [0.05, 0.1) is 0 Å². The van der Waals surface area contributed by atoms with Crippen LogP contribution in [0.1, 0.15) is 89.8 Å². The van der Waals surface area contributed by atoms with E-state index < -0.39 is 0 Å². The number of benzene rings is 1. The topological polar surface area (TPSA) is 0 Å². The highest BCUT2D eigenvalue weighted by molar-refractivity contribution is 5.38. The van der Waals surface area contributed by atoms with Crippen LogP contribution in [-0.4, -0.2) is 0 Å². The molecule has 1 aromatic carbocycles. The zero-order chi connectivity index (χ0) is 15.9. The van der Waals surface area contributed by atoms with Crippen molar-refractivity contribution in [3.05, 3.63) is 47.0 Å². The monoisotopic (exact) mass is 286 g/mol. The van der Waals surface area contributed by atoms with Crippen LogP contribution in [0.5, 0.6) is 0 Å². The van der Waals surface area contributed by atoms with Crippen LogP contribution < -0.4 is 0 Å². The first-order valence-corrected chi connectivity index (χ1v) is 8.72. The molecule has 118 valence electrons. The molecule has 0 aliphatic heterocycles. The van der Waals surface area contributed by atoms with Crippen molar-refractivity contribution in [3.8, 4) is 0 Å². The highest BCUT2D eigenvalue weighted by Gasteiger charge is 2.18. The van der Waals surface area contributed by atoms with Crippen molar-refractivity contribution >= 4 is 0 Å². The largest absolute Gasteiger partial charge is 0.0888 e. The van der Waals surface area contributed by atoms with Crippen LogP contribution in [-0.2, 0) is 11.8 Å². The number of hydrogen-bond donors (Lipinski definition) is 0. The van der Waals surface area contributed by atoms with Gasteiger partial charge in [0.15, 0.2) is 0 Å². The number of rotatable bonds is 7. The van der Waals surface area contributed by atoms with Crippen molar-refractivity contribution in [1.29, 1.82) is 0 Å². The highest BCUT2D eigenvalue weighted by atomic mass is 14.2. The average molecular weight is 287 g/mol. The molecule has 1 rings (SSSR count). The minimum atomic E-state index is 0.233. The van der Waals surface area contributed by atoms with Gasteiger partial charge in [0.1, 0.15) is 0 Å². The second-order valence-corrected chi connectivity index (χ2v) is 7.12. The van der Waals surface area contributed by atoms with E-state index in [1.807, 2.05) is 0 Å². The normalized spacial score (nSPS) is 13.8. The first-order chi connectivity index (χ1) is 9.93. The van der Waals surface area contributed by atoms with Crippen LogP contribution in [0.3, 0.4) is 0 Å². The number of hydrogen-bond acceptors (Lipinski definition) is 0. The lowest BCUT2D eigenvalue weighted by Gasteiger charge is -2.25. The molecule has 0 saturated heterocycles. The van der Waals surface area contributed by atoms with Gasteiger partial charge >= 0.3 is 0 Å². The fourth-order valence-corrected chi connectivity index (χ4v) is 2.94. The van der Waals surface area contributed by atoms with Crippen molar-refractivity contribution in [2.24, 2.45) is 0 Å². The summed E-state index contributed by atoms with van der Waals surface area (Å²) in [5, 5.41) is 0. The summed E-state index contributed by atoms with van der Waals surface area (Å²) < 4.78 is 0. The summed E-state index contributed by atoms with van der Waals surface area (Å²) in [6, 6.07) is 7.17. The lowest BCUT2D eigenvalue weighted by atomic mass is 9.80. The van der Waals surface area contributed by atoms with Crippen molar-refractivity contribution in [3.63, 3.8) is 0 Å². The van der Waals surface area contributed by atoms with E-state index in [0.717, 1.165) is 12.8 Å². The summed E-state index contributed by atoms with van der Waals surface area (Å²) in [6.07, 6.45) is 10.7. The molecule has 0 amide bonds. The summed E-state index contributed by atoms with van der Waals surface area (Å²) in [5.41, 5.74) is 4.82. The third kappa shape index (κ3) is 5.34. The van der Waals surface area contributed by atoms with Crippen LogP contribution in [0.25, 0.3) is 0 Å². The van der Waals surface area contributed by atoms with E-state index in [1.54, 1.807) is 5.56 Å². The molecule has 0 bridgehead atoms. The predicted molar refractivity (Wildman–Crippen MR) is 96.2 cm³/mol. The standard InChI is InChI=1S/C21H34/c1-7-10-11-13-18(12-8-2)20-16-19(21(4,5)6)15-14-17(20)9-3/h10-11,14-16,18H,7-9,12-13H2,1-6H3/b11-10-. The molecule has 0 heterocycles. The fraction of sp³-hybridized carbons (Fsp3) is 0.619. The van der Waals surface area contributed by atoms with Crippen LogP contribution in [0, 0.1) is 0 Å². The third-order valence-electron chi connectivity index (χ3n) is 4.29. The van der Waals surface area contributed by atoms with Crippen molar-refractivity contribution in [2.45, 2.75) is 85.0 Å². The van der Waals surface area contributed by atoms with Gasteiger partial charge in [-0.15, -0.1) is 0 Å². The second-order valence-electron chi connectivity index (χ2n) is 7.12. The van der Waals surface area contributed by atoms with Gasteiger partial charge in [-0.1, -0.05) is 78.3 Å². The Balaban J connectivity index is 3.16. The molecule has 0 spiro atoms. The second kappa shape index (κ2) is 8.41. The summed E-state index contributed by atoms with van der Waals surface area (Å²) in [7, 11) is 0. The maximum Gasteiger partial charge on any atom is -0.0125 e. The van der Waals surface area contributed by atoms with E-state index in [9.17, 15) is 0 Å². The Morgan fingerprint density at radius 1 is 1.05 bits per heavy atom. The summed E-state index contributed by atoms with van der Waals surface area (Å²) in [4.78, 5) is 0. The van der Waals surface area contributed by atoms with Gasteiger partial charge < -0.3 is 0 Å². The fourth-order valence-electron chi connectivity index (χ4n) is 2.94. The average Bonchev–Trinajstić information content (AvgIpc) is 2.45. The van der Waals surface area contributed by atoms with Crippen LogP contribution in [0.2, 0.25) is 0 Å². The Labute approximate surface area is 132 Å². The maximum absolute atomic E-state index is 2.49. The minimum Gasteiger partial charge on any atom is -0.0888 e. The maximum atomic E-state index is 2.49. The molecule has 0 saturated carbocycles. The molecular weight excluding hydrogens is 252 g/mol. The minimum absolute atomic E-state index is 0.233. The first kappa shape index (κ1) is 18.0. The Morgan fingerprint density at radius 3 is 2.29 bits per heavy atom. The molecule has 0 fully saturated rings. The smallest absolute Gasteiger partial charge is 0.0125 e. The van der Waals surface area contributed by atoms with Gasteiger partial charge in [0.2, 0.25) is 0 Å². The SMILES string of the molecule is CC/C=C\CC(CCC)c1cc(C(C)(C)C)ccc1CC. The van der Waals surface area contributed by atoms with E-state index in [1.165, 1.54) is 30.4 Å². The highest BCUT2D eigenvalue weighted by Crippen LogP contribution is 2.33. The van der Waals surface area contributed by atoms with Gasteiger partial charge in [0.25, 0.3) is 0 Å². The molecule has 0 aromatic heterocycles. The van der Waals surface area contributed by atoms with Crippen molar-refractivity contribution in [1.82, 2.24) is 0 Å². The summed E-state index contributed by atoms with van der Waals surface area (Å²) in [5.74, 6) is 0.676. The molecule has 1 aromatic rings. The Hall–Kier alpha value is -1.04. The molecule has 0 radical (unpaired) electrons. The molecule has 1 atom stereocenters. The molecule has 0 aliphatic rings. The number of allylic oxidation sites excluding steroid dienone is 2. The third-order valence-corrected chi connectivity index (χ3v) is 4.29. The van der Waals surface area contributed by atoms with Gasteiger partial charge in [0, 0.05) is 0 Å². The van der Waals surface area contributed by atoms with E-state index in [-0.39, 0.29) is 5.41 Å². The predicted octanol–water partition coefficient (Wildman–Crippen LogP) is 6.79. The molecule has 0 aliphatic carbocycles. The summed E-state index contributed by atoms with van der Waals surface area (Å²) in [6.45, 7) is 13.7. The molecule has 0 heteroatoms. The first-order valence-electron chi connectivity index (χ1n) is 8.72. The lowest BCUT2D eigenvalue weighted by molar-refractivity contribution is 0.579.